The number of carboxylic acids is 1. The highest BCUT2D eigenvalue weighted by Crippen LogP contribution is 2.22. The number of halogens is 3. The zero-order chi connectivity index (χ0) is 15.6. The van der Waals surface area contributed by atoms with Gasteiger partial charge in [-0.15, -0.1) is 0 Å². The van der Waals surface area contributed by atoms with Gasteiger partial charge in [0.05, 0.1) is 16.1 Å². The number of hydrogen-bond donors (Lipinski definition) is 2. The number of aromatic carboxylic acids is 1. The van der Waals surface area contributed by atoms with Crippen molar-refractivity contribution in [2.24, 2.45) is 0 Å². The van der Waals surface area contributed by atoms with Crippen molar-refractivity contribution in [3.05, 3.63) is 62.8 Å². The van der Waals surface area contributed by atoms with E-state index in [1.165, 1.54) is 12.1 Å². The molecule has 2 aromatic carbocycles. The van der Waals surface area contributed by atoms with Gasteiger partial charge in [-0.2, -0.15) is 0 Å². The Morgan fingerprint density at radius 3 is 2.48 bits per heavy atom. The molecule has 2 N–H and O–H groups in total. The summed E-state index contributed by atoms with van der Waals surface area (Å²) in [5, 5.41) is 11.4. The summed E-state index contributed by atoms with van der Waals surface area (Å²) >= 11 is 9.15. The third-order valence-corrected chi connectivity index (χ3v) is 3.45. The molecule has 0 aliphatic carbocycles. The summed E-state index contributed by atoms with van der Waals surface area (Å²) in [6, 6.07) is 8.08. The van der Waals surface area contributed by atoms with Gasteiger partial charge in [-0.05, 0) is 36.4 Å². The van der Waals surface area contributed by atoms with Gasteiger partial charge in [0, 0.05) is 10.2 Å². The Kier molecular flexibility index (Phi) is 4.59. The monoisotopic (exact) mass is 371 g/mol. The van der Waals surface area contributed by atoms with Crippen molar-refractivity contribution in [2.75, 3.05) is 5.32 Å². The number of rotatable bonds is 3. The lowest BCUT2D eigenvalue weighted by Gasteiger charge is -2.08. The highest BCUT2D eigenvalue weighted by Gasteiger charge is 2.14. The molecule has 0 radical (unpaired) electrons. The van der Waals surface area contributed by atoms with Crippen molar-refractivity contribution in [2.45, 2.75) is 0 Å². The number of amides is 1. The summed E-state index contributed by atoms with van der Waals surface area (Å²) < 4.78 is 14.2. The minimum atomic E-state index is -1.37. The van der Waals surface area contributed by atoms with Crippen LogP contribution in [0.2, 0.25) is 5.02 Å². The number of carboxylic acid groups (broad SMARTS) is 1. The smallest absolute Gasteiger partial charge is 0.338 e. The number of carbonyl (C=O) groups excluding carboxylic acids is 1. The van der Waals surface area contributed by atoms with Gasteiger partial charge in [0.1, 0.15) is 5.82 Å². The molecule has 21 heavy (non-hydrogen) atoms. The van der Waals surface area contributed by atoms with Gasteiger partial charge >= 0.3 is 5.97 Å². The minimum Gasteiger partial charge on any atom is -0.478 e. The van der Waals surface area contributed by atoms with E-state index in [9.17, 15) is 14.0 Å². The normalized spacial score (nSPS) is 10.2. The highest BCUT2D eigenvalue weighted by atomic mass is 79.9. The first kappa shape index (κ1) is 15.5. The molecule has 0 aliphatic heterocycles. The highest BCUT2D eigenvalue weighted by molar-refractivity contribution is 9.10. The van der Waals surface area contributed by atoms with E-state index in [4.69, 9.17) is 16.7 Å². The van der Waals surface area contributed by atoms with E-state index in [1.807, 2.05) is 0 Å². The Labute approximate surface area is 132 Å². The molecule has 4 nitrogen and oxygen atoms in total. The Bertz CT molecular complexity index is 736. The van der Waals surface area contributed by atoms with Crippen LogP contribution in [0.25, 0.3) is 0 Å². The molecule has 0 atom stereocenters. The number of benzene rings is 2. The van der Waals surface area contributed by atoms with Crippen LogP contribution in [0.15, 0.2) is 40.9 Å². The quantitative estimate of drug-likeness (QED) is 0.849. The second kappa shape index (κ2) is 6.24. The fourth-order valence-electron chi connectivity index (χ4n) is 1.64. The molecule has 0 unspecified atom stereocenters. The van der Waals surface area contributed by atoms with Gasteiger partial charge in [0.25, 0.3) is 5.91 Å². The molecule has 108 valence electrons. The fraction of sp³-hybridized carbons (Fsp3) is 0. The van der Waals surface area contributed by atoms with Crippen molar-refractivity contribution in [3.63, 3.8) is 0 Å². The van der Waals surface area contributed by atoms with E-state index in [2.05, 4.69) is 21.2 Å². The van der Waals surface area contributed by atoms with E-state index in [0.717, 1.165) is 12.1 Å². The summed E-state index contributed by atoms with van der Waals surface area (Å²) in [7, 11) is 0. The molecule has 2 aromatic rings. The molecule has 0 heterocycles. The third-order valence-electron chi connectivity index (χ3n) is 2.63. The maximum atomic E-state index is 13.5. The fourth-order valence-corrected chi connectivity index (χ4v) is 2.20. The second-order valence-electron chi connectivity index (χ2n) is 4.08. The average Bonchev–Trinajstić information content (AvgIpc) is 2.41. The van der Waals surface area contributed by atoms with Crippen LogP contribution < -0.4 is 5.32 Å². The molecule has 0 saturated heterocycles. The maximum absolute atomic E-state index is 13.5. The van der Waals surface area contributed by atoms with E-state index in [0.29, 0.717) is 4.47 Å². The van der Waals surface area contributed by atoms with Crippen LogP contribution in [-0.4, -0.2) is 17.0 Å². The molecule has 0 aromatic heterocycles. The van der Waals surface area contributed by atoms with Gasteiger partial charge in [0.2, 0.25) is 0 Å². The van der Waals surface area contributed by atoms with Gasteiger partial charge < -0.3 is 10.4 Å². The number of carbonyl (C=O) groups is 2. The van der Waals surface area contributed by atoms with Crippen molar-refractivity contribution in [3.8, 4) is 0 Å². The topological polar surface area (TPSA) is 66.4 Å². The summed E-state index contributed by atoms with van der Waals surface area (Å²) in [6.45, 7) is 0. The average molecular weight is 373 g/mol. The van der Waals surface area contributed by atoms with Crippen LogP contribution >= 0.6 is 27.5 Å². The van der Waals surface area contributed by atoms with Crippen LogP contribution in [0.1, 0.15) is 20.7 Å². The first-order valence-corrected chi connectivity index (χ1v) is 6.85. The Morgan fingerprint density at radius 2 is 1.86 bits per heavy atom. The van der Waals surface area contributed by atoms with Crippen LogP contribution in [0, 0.1) is 5.82 Å². The maximum Gasteiger partial charge on any atom is 0.338 e. The van der Waals surface area contributed by atoms with Crippen molar-refractivity contribution >= 4 is 45.1 Å². The van der Waals surface area contributed by atoms with Crippen LogP contribution in [0.5, 0.6) is 0 Å². The van der Waals surface area contributed by atoms with Gasteiger partial charge in [0.15, 0.2) is 0 Å². The second-order valence-corrected chi connectivity index (χ2v) is 5.40. The lowest BCUT2D eigenvalue weighted by Crippen LogP contribution is -2.13. The zero-order valence-electron chi connectivity index (χ0n) is 10.4. The molecule has 0 saturated carbocycles. The van der Waals surface area contributed by atoms with Gasteiger partial charge in [-0.3, -0.25) is 4.79 Å². The third kappa shape index (κ3) is 3.59. The largest absolute Gasteiger partial charge is 0.478 e. The van der Waals surface area contributed by atoms with E-state index < -0.39 is 23.3 Å². The summed E-state index contributed by atoms with van der Waals surface area (Å²) in [6.07, 6.45) is 0. The van der Waals surface area contributed by atoms with E-state index >= 15 is 0 Å². The molecule has 0 aliphatic rings. The van der Waals surface area contributed by atoms with Crippen molar-refractivity contribution in [1.82, 2.24) is 0 Å². The molecular weight excluding hydrogens is 365 g/mol. The van der Waals surface area contributed by atoms with Gasteiger partial charge in [-0.1, -0.05) is 27.5 Å². The van der Waals surface area contributed by atoms with Crippen LogP contribution in [0.3, 0.4) is 0 Å². The number of anilines is 1. The first-order chi connectivity index (χ1) is 9.88. The van der Waals surface area contributed by atoms with Crippen molar-refractivity contribution < 1.29 is 19.1 Å². The molecule has 0 fully saturated rings. The van der Waals surface area contributed by atoms with Crippen molar-refractivity contribution in [1.29, 1.82) is 0 Å². The Balaban J connectivity index is 2.26. The summed E-state index contributed by atoms with van der Waals surface area (Å²) in [5.74, 6) is -2.83. The molecule has 7 heteroatoms. The predicted molar refractivity (Wildman–Crippen MR) is 80.5 cm³/mol. The molecule has 0 bridgehead atoms. The summed E-state index contributed by atoms with van der Waals surface area (Å²) in [4.78, 5) is 22.8. The standard InChI is InChI=1S/C14H8BrClFNO3/c15-7-1-4-11(16)10(5-7)13(19)18-8-2-3-9(14(20)21)12(17)6-8/h1-6H,(H,18,19)(H,20,21). The molecule has 1 amide bonds. The number of nitrogens with one attached hydrogen (secondary N) is 1. The van der Waals surface area contributed by atoms with Crippen LogP contribution in [-0.2, 0) is 0 Å². The van der Waals surface area contributed by atoms with Gasteiger partial charge in [-0.25, -0.2) is 9.18 Å². The van der Waals surface area contributed by atoms with E-state index in [-0.39, 0.29) is 16.3 Å². The zero-order valence-corrected chi connectivity index (χ0v) is 12.7. The Morgan fingerprint density at radius 1 is 1.14 bits per heavy atom. The Hall–Kier alpha value is -1.92. The number of hydrogen-bond acceptors (Lipinski definition) is 2. The minimum absolute atomic E-state index is 0.138. The molecule has 2 rings (SSSR count). The lowest BCUT2D eigenvalue weighted by atomic mass is 10.1. The predicted octanol–water partition coefficient (Wildman–Crippen LogP) is 4.19. The molecule has 0 spiro atoms. The lowest BCUT2D eigenvalue weighted by molar-refractivity contribution is 0.0692. The van der Waals surface area contributed by atoms with E-state index in [1.54, 1.807) is 12.1 Å². The SMILES string of the molecule is O=C(O)c1ccc(NC(=O)c2cc(Br)ccc2Cl)cc1F. The summed E-state index contributed by atoms with van der Waals surface area (Å²) in [5.41, 5.74) is -0.110. The van der Waals surface area contributed by atoms with Crippen LogP contribution in [0.4, 0.5) is 10.1 Å². The first-order valence-electron chi connectivity index (χ1n) is 5.67. The molecular formula is C14H8BrClFNO3.